The van der Waals surface area contributed by atoms with E-state index in [0.29, 0.717) is 0 Å². The predicted octanol–water partition coefficient (Wildman–Crippen LogP) is 2.25. The van der Waals surface area contributed by atoms with Crippen molar-refractivity contribution in [2.75, 3.05) is 37.8 Å². The van der Waals surface area contributed by atoms with Crippen LogP contribution in [-0.4, -0.2) is 38.0 Å². The Morgan fingerprint density at radius 1 is 1.17 bits per heavy atom. The van der Waals surface area contributed by atoms with Crippen LogP contribution in [0.3, 0.4) is 0 Å². The van der Waals surface area contributed by atoms with E-state index in [1.807, 2.05) is 52.2 Å². The van der Waals surface area contributed by atoms with E-state index in [4.69, 9.17) is 0 Å². The summed E-state index contributed by atoms with van der Waals surface area (Å²) in [7, 11) is 4.10. The molecule has 1 aromatic rings. The van der Waals surface area contributed by atoms with Crippen molar-refractivity contribution in [3.05, 3.63) is 24.3 Å². The summed E-state index contributed by atoms with van der Waals surface area (Å²) in [4.78, 5) is 13.6. The molecule has 4 heteroatoms. The zero-order chi connectivity index (χ0) is 13.5. The van der Waals surface area contributed by atoms with Crippen molar-refractivity contribution < 1.29 is 4.79 Å². The summed E-state index contributed by atoms with van der Waals surface area (Å²) in [6.45, 7) is 5.66. The molecule has 0 unspecified atom stereocenters. The predicted molar refractivity (Wildman–Crippen MR) is 77.0 cm³/mol. The van der Waals surface area contributed by atoms with Crippen LogP contribution in [0.25, 0.3) is 0 Å². The molecule has 0 aliphatic rings. The smallest absolute Gasteiger partial charge is 0.226 e. The number of hydrogen-bond acceptors (Lipinski definition) is 3. The summed E-state index contributed by atoms with van der Waals surface area (Å²) in [6, 6.07) is 7.79. The number of amides is 1. The molecular formula is C14H23N3O. The number of benzene rings is 1. The van der Waals surface area contributed by atoms with Crippen molar-refractivity contribution in [1.29, 1.82) is 0 Å². The Labute approximate surface area is 109 Å². The van der Waals surface area contributed by atoms with Crippen LogP contribution in [-0.2, 0) is 4.79 Å². The van der Waals surface area contributed by atoms with Gasteiger partial charge in [0.2, 0.25) is 5.91 Å². The number of nitrogens with one attached hydrogen (secondary N) is 2. The van der Waals surface area contributed by atoms with E-state index in [-0.39, 0.29) is 11.8 Å². The lowest BCUT2D eigenvalue weighted by atomic mass is 10.2. The molecule has 2 N–H and O–H groups in total. The molecule has 18 heavy (non-hydrogen) atoms. The molecule has 0 saturated heterocycles. The molecule has 0 radical (unpaired) electrons. The standard InChI is InChI=1S/C14H23N3O/c1-11(2)14(18)16-13-7-5-12(6-8-13)15-9-10-17(3)4/h5-8,11,15H,9-10H2,1-4H3,(H,16,18). The van der Waals surface area contributed by atoms with Crippen LogP contribution in [0.4, 0.5) is 11.4 Å². The number of anilines is 2. The fourth-order valence-corrected chi connectivity index (χ4v) is 1.38. The normalized spacial score (nSPS) is 10.8. The highest BCUT2D eigenvalue weighted by molar-refractivity contribution is 5.92. The zero-order valence-electron chi connectivity index (χ0n) is 11.7. The van der Waals surface area contributed by atoms with Gasteiger partial charge >= 0.3 is 0 Å². The molecule has 0 aliphatic carbocycles. The van der Waals surface area contributed by atoms with E-state index in [2.05, 4.69) is 15.5 Å². The number of hydrogen-bond donors (Lipinski definition) is 2. The first-order valence-corrected chi connectivity index (χ1v) is 6.28. The lowest BCUT2D eigenvalue weighted by Gasteiger charge is -2.12. The fourth-order valence-electron chi connectivity index (χ4n) is 1.38. The van der Waals surface area contributed by atoms with Gasteiger partial charge in [-0.05, 0) is 38.4 Å². The lowest BCUT2D eigenvalue weighted by Crippen LogP contribution is -2.20. The summed E-state index contributed by atoms with van der Waals surface area (Å²) in [6.07, 6.45) is 0. The minimum absolute atomic E-state index is 0.00268. The Bertz CT molecular complexity index is 371. The summed E-state index contributed by atoms with van der Waals surface area (Å²) < 4.78 is 0. The summed E-state index contributed by atoms with van der Waals surface area (Å²) in [5.74, 6) is 0.0474. The van der Waals surface area contributed by atoms with Crippen LogP contribution in [0.15, 0.2) is 24.3 Å². The Balaban J connectivity index is 2.45. The van der Waals surface area contributed by atoms with Crippen molar-refractivity contribution in [2.45, 2.75) is 13.8 Å². The first-order valence-electron chi connectivity index (χ1n) is 6.28. The maximum atomic E-state index is 11.5. The number of rotatable bonds is 6. The molecule has 1 aromatic carbocycles. The summed E-state index contributed by atoms with van der Waals surface area (Å²) >= 11 is 0. The van der Waals surface area contributed by atoms with E-state index in [1.54, 1.807) is 0 Å². The van der Waals surface area contributed by atoms with Gasteiger partial charge in [-0.3, -0.25) is 4.79 Å². The molecule has 0 aliphatic heterocycles. The molecule has 0 atom stereocenters. The third kappa shape index (κ3) is 5.19. The van der Waals surface area contributed by atoms with Crippen LogP contribution >= 0.6 is 0 Å². The van der Waals surface area contributed by atoms with Gasteiger partial charge in [0.15, 0.2) is 0 Å². The first kappa shape index (κ1) is 14.5. The third-order valence-corrected chi connectivity index (χ3v) is 2.56. The van der Waals surface area contributed by atoms with Crippen molar-refractivity contribution in [3.8, 4) is 0 Å². The van der Waals surface area contributed by atoms with E-state index < -0.39 is 0 Å². The topological polar surface area (TPSA) is 44.4 Å². The molecule has 1 amide bonds. The van der Waals surface area contributed by atoms with Crippen molar-refractivity contribution in [1.82, 2.24) is 4.90 Å². The molecule has 4 nitrogen and oxygen atoms in total. The second kappa shape index (κ2) is 7.01. The molecule has 0 aromatic heterocycles. The highest BCUT2D eigenvalue weighted by Gasteiger charge is 2.06. The Morgan fingerprint density at radius 3 is 2.22 bits per heavy atom. The Kier molecular flexibility index (Phi) is 5.65. The number of nitrogens with zero attached hydrogens (tertiary/aromatic N) is 1. The summed E-state index contributed by atoms with van der Waals surface area (Å²) in [5.41, 5.74) is 1.91. The minimum Gasteiger partial charge on any atom is -0.384 e. The first-order chi connectivity index (χ1) is 8.49. The van der Waals surface area contributed by atoms with Crippen molar-refractivity contribution in [3.63, 3.8) is 0 Å². The van der Waals surface area contributed by atoms with E-state index in [9.17, 15) is 4.79 Å². The second-order valence-corrected chi connectivity index (χ2v) is 4.95. The van der Waals surface area contributed by atoms with E-state index in [0.717, 1.165) is 24.5 Å². The van der Waals surface area contributed by atoms with Crippen molar-refractivity contribution >= 4 is 17.3 Å². The van der Waals surface area contributed by atoms with E-state index >= 15 is 0 Å². The van der Waals surface area contributed by atoms with Gasteiger partial charge in [0.1, 0.15) is 0 Å². The SMILES string of the molecule is CC(C)C(=O)Nc1ccc(NCCN(C)C)cc1. The van der Waals surface area contributed by atoms with Gasteiger partial charge in [0, 0.05) is 30.4 Å². The van der Waals surface area contributed by atoms with Crippen LogP contribution in [0.2, 0.25) is 0 Å². The lowest BCUT2D eigenvalue weighted by molar-refractivity contribution is -0.118. The Morgan fingerprint density at radius 2 is 1.72 bits per heavy atom. The van der Waals surface area contributed by atoms with Crippen LogP contribution in [0, 0.1) is 5.92 Å². The van der Waals surface area contributed by atoms with Gasteiger partial charge in [-0.2, -0.15) is 0 Å². The van der Waals surface area contributed by atoms with Gasteiger partial charge in [-0.1, -0.05) is 13.8 Å². The zero-order valence-corrected chi connectivity index (χ0v) is 11.7. The van der Waals surface area contributed by atoms with Crippen molar-refractivity contribution in [2.24, 2.45) is 5.92 Å². The fraction of sp³-hybridized carbons (Fsp3) is 0.500. The molecule has 0 heterocycles. The highest BCUT2D eigenvalue weighted by atomic mass is 16.1. The third-order valence-electron chi connectivity index (χ3n) is 2.56. The van der Waals surface area contributed by atoms with Gasteiger partial charge in [-0.25, -0.2) is 0 Å². The minimum atomic E-state index is 0.00268. The quantitative estimate of drug-likeness (QED) is 0.813. The molecule has 0 bridgehead atoms. The monoisotopic (exact) mass is 249 g/mol. The molecule has 0 fully saturated rings. The molecular weight excluding hydrogens is 226 g/mol. The van der Waals surface area contributed by atoms with Crippen LogP contribution < -0.4 is 10.6 Å². The number of carbonyl (C=O) groups is 1. The average Bonchev–Trinajstić information content (AvgIpc) is 2.30. The highest BCUT2D eigenvalue weighted by Crippen LogP contribution is 2.14. The molecule has 0 saturated carbocycles. The summed E-state index contributed by atoms with van der Waals surface area (Å²) in [5, 5.41) is 6.19. The molecule has 100 valence electrons. The van der Waals surface area contributed by atoms with E-state index in [1.165, 1.54) is 0 Å². The van der Waals surface area contributed by atoms with Gasteiger partial charge in [-0.15, -0.1) is 0 Å². The average molecular weight is 249 g/mol. The van der Waals surface area contributed by atoms with Gasteiger partial charge in [0.25, 0.3) is 0 Å². The maximum absolute atomic E-state index is 11.5. The van der Waals surface area contributed by atoms with Gasteiger partial charge < -0.3 is 15.5 Å². The Hall–Kier alpha value is -1.55. The maximum Gasteiger partial charge on any atom is 0.226 e. The second-order valence-electron chi connectivity index (χ2n) is 4.95. The van der Waals surface area contributed by atoms with Crippen LogP contribution in [0.1, 0.15) is 13.8 Å². The number of carbonyl (C=O) groups excluding carboxylic acids is 1. The number of likely N-dealkylation sites (N-methyl/N-ethyl adjacent to an activating group) is 1. The largest absolute Gasteiger partial charge is 0.384 e. The van der Waals surface area contributed by atoms with Crippen LogP contribution in [0.5, 0.6) is 0 Å². The molecule has 0 spiro atoms. The van der Waals surface area contributed by atoms with Gasteiger partial charge in [0.05, 0.1) is 0 Å². The molecule has 1 rings (SSSR count).